The SMILES string of the molecule is C=CC(=O)OCC(COC(=O)C=C)(COC(=O)C=C)C(COCC)(OCC)OCC. The monoisotopic (exact) mass is 428 g/mol. The first kappa shape index (κ1) is 27.5. The van der Waals surface area contributed by atoms with Gasteiger partial charge in [0.05, 0.1) is 0 Å². The third kappa shape index (κ3) is 8.10. The summed E-state index contributed by atoms with van der Waals surface area (Å²) in [4.78, 5) is 35.4. The van der Waals surface area contributed by atoms with Gasteiger partial charge in [0.1, 0.15) is 31.8 Å². The van der Waals surface area contributed by atoms with Gasteiger partial charge in [0.2, 0.25) is 5.79 Å². The van der Waals surface area contributed by atoms with E-state index in [0.717, 1.165) is 18.2 Å². The van der Waals surface area contributed by atoms with E-state index in [1.54, 1.807) is 20.8 Å². The predicted octanol–water partition coefficient (Wildman–Crippen LogP) is 1.97. The second-order valence-electron chi connectivity index (χ2n) is 5.97. The number of carbonyl (C=O) groups excluding carboxylic acids is 3. The van der Waals surface area contributed by atoms with E-state index in [4.69, 9.17) is 28.4 Å². The maximum Gasteiger partial charge on any atom is 0.330 e. The normalized spacial score (nSPS) is 11.3. The van der Waals surface area contributed by atoms with E-state index in [2.05, 4.69) is 19.7 Å². The molecule has 0 heterocycles. The Hall–Kier alpha value is -2.49. The molecule has 0 N–H and O–H groups in total. The first-order valence-electron chi connectivity index (χ1n) is 9.53. The van der Waals surface area contributed by atoms with Crippen LogP contribution in [0.15, 0.2) is 38.0 Å². The van der Waals surface area contributed by atoms with Gasteiger partial charge in [-0.25, -0.2) is 14.4 Å². The molecule has 30 heavy (non-hydrogen) atoms. The topological polar surface area (TPSA) is 107 Å². The summed E-state index contributed by atoms with van der Waals surface area (Å²) in [7, 11) is 0. The molecule has 0 amide bonds. The average Bonchev–Trinajstić information content (AvgIpc) is 2.76. The highest BCUT2D eigenvalue weighted by Crippen LogP contribution is 2.39. The van der Waals surface area contributed by atoms with E-state index in [9.17, 15) is 14.4 Å². The van der Waals surface area contributed by atoms with Crippen molar-refractivity contribution in [3.63, 3.8) is 0 Å². The third-order valence-corrected chi connectivity index (χ3v) is 4.03. The first-order valence-corrected chi connectivity index (χ1v) is 9.53. The van der Waals surface area contributed by atoms with Crippen LogP contribution in [0.2, 0.25) is 0 Å². The number of hydrogen-bond donors (Lipinski definition) is 0. The molecule has 170 valence electrons. The summed E-state index contributed by atoms with van der Waals surface area (Å²) in [6.07, 6.45) is 2.92. The van der Waals surface area contributed by atoms with E-state index in [-0.39, 0.29) is 39.6 Å². The zero-order valence-corrected chi connectivity index (χ0v) is 18.0. The minimum Gasteiger partial charge on any atom is -0.461 e. The molecule has 0 aromatic carbocycles. The van der Waals surface area contributed by atoms with Gasteiger partial charge in [-0.2, -0.15) is 0 Å². The van der Waals surface area contributed by atoms with Gasteiger partial charge < -0.3 is 28.4 Å². The molecule has 0 atom stereocenters. The highest BCUT2D eigenvalue weighted by Gasteiger charge is 2.57. The molecule has 0 aromatic rings. The fraction of sp³-hybridized carbons (Fsp3) is 0.571. The highest BCUT2D eigenvalue weighted by atomic mass is 16.7. The van der Waals surface area contributed by atoms with E-state index < -0.39 is 29.1 Å². The summed E-state index contributed by atoms with van der Waals surface area (Å²) < 4.78 is 33.2. The molecule has 9 nitrogen and oxygen atoms in total. The molecule has 0 aliphatic rings. The van der Waals surface area contributed by atoms with Crippen LogP contribution >= 0.6 is 0 Å². The molecule has 0 unspecified atom stereocenters. The van der Waals surface area contributed by atoms with Crippen molar-refractivity contribution in [3.8, 4) is 0 Å². The van der Waals surface area contributed by atoms with Crippen LogP contribution in [0.1, 0.15) is 20.8 Å². The molecule has 9 heteroatoms. The van der Waals surface area contributed by atoms with E-state index in [1.807, 2.05) is 0 Å². The largest absolute Gasteiger partial charge is 0.461 e. The Morgan fingerprint density at radius 2 is 1.03 bits per heavy atom. The van der Waals surface area contributed by atoms with Crippen LogP contribution in [0.4, 0.5) is 0 Å². The van der Waals surface area contributed by atoms with Crippen molar-refractivity contribution in [2.24, 2.45) is 5.41 Å². The van der Waals surface area contributed by atoms with Crippen molar-refractivity contribution in [1.82, 2.24) is 0 Å². The summed E-state index contributed by atoms with van der Waals surface area (Å²) in [5.74, 6) is -3.79. The average molecular weight is 428 g/mol. The van der Waals surface area contributed by atoms with Gasteiger partial charge in [-0.3, -0.25) is 0 Å². The molecular formula is C21H32O9. The van der Waals surface area contributed by atoms with Crippen molar-refractivity contribution >= 4 is 17.9 Å². The summed E-state index contributed by atoms with van der Waals surface area (Å²) in [5, 5.41) is 0. The fourth-order valence-electron chi connectivity index (χ4n) is 2.55. The Bertz CT molecular complexity index is 531. The van der Waals surface area contributed by atoms with Crippen LogP contribution in [-0.4, -0.2) is 69.9 Å². The minimum atomic E-state index is -1.59. The number of hydrogen-bond acceptors (Lipinski definition) is 9. The Morgan fingerprint density at radius 1 is 0.667 bits per heavy atom. The van der Waals surface area contributed by atoms with Crippen molar-refractivity contribution < 1.29 is 42.8 Å². The summed E-state index contributed by atoms with van der Waals surface area (Å²) >= 11 is 0. The summed E-state index contributed by atoms with van der Waals surface area (Å²) in [6, 6.07) is 0. The Balaban J connectivity index is 6.43. The fourth-order valence-corrected chi connectivity index (χ4v) is 2.55. The van der Waals surface area contributed by atoms with Crippen LogP contribution in [0.3, 0.4) is 0 Å². The van der Waals surface area contributed by atoms with Crippen LogP contribution in [0.5, 0.6) is 0 Å². The van der Waals surface area contributed by atoms with Gasteiger partial charge in [-0.1, -0.05) is 19.7 Å². The van der Waals surface area contributed by atoms with E-state index >= 15 is 0 Å². The van der Waals surface area contributed by atoms with Crippen LogP contribution < -0.4 is 0 Å². The van der Waals surface area contributed by atoms with Crippen LogP contribution in [-0.2, 0) is 42.8 Å². The maximum atomic E-state index is 11.8. The van der Waals surface area contributed by atoms with Gasteiger partial charge in [-0.05, 0) is 20.8 Å². The molecule has 0 fully saturated rings. The van der Waals surface area contributed by atoms with Crippen LogP contribution in [0.25, 0.3) is 0 Å². The highest BCUT2D eigenvalue weighted by molar-refractivity contribution is 5.82. The third-order valence-electron chi connectivity index (χ3n) is 4.03. The van der Waals surface area contributed by atoms with Crippen molar-refractivity contribution in [2.75, 3.05) is 46.2 Å². The Kier molecular flexibility index (Phi) is 13.3. The zero-order chi connectivity index (χ0) is 23.0. The van der Waals surface area contributed by atoms with E-state index in [1.165, 1.54) is 0 Å². The van der Waals surface area contributed by atoms with Crippen molar-refractivity contribution in [1.29, 1.82) is 0 Å². The number of ether oxygens (including phenoxy) is 6. The number of rotatable bonds is 17. The second kappa shape index (κ2) is 14.5. The Morgan fingerprint density at radius 3 is 1.30 bits per heavy atom. The molecule has 0 aromatic heterocycles. The molecular weight excluding hydrogens is 396 g/mol. The lowest BCUT2D eigenvalue weighted by Crippen LogP contribution is -2.62. The maximum absolute atomic E-state index is 11.8. The lowest BCUT2D eigenvalue weighted by molar-refractivity contribution is -0.335. The van der Waals surface area contributed by atoms with Crippen LogP contribution in [0, 0.1) is 5.41 Å². The lowest BCUT2D eigenvalue weighted by atomic mass is 9.80. The van der Waals surface area contributed by atoms with Gasteiger partial charge >= 0.3 is 17.9 Å². The molecule has 0 bridgehead atoms. The van der Waals surface area contributed by atoms with Crippen molar-refractivity contribution in [3.05, 3.63) is 38.0 Å². The van der Waals surface area contributed by atoms with E-state index in [0.29, 0.717) is 6.61 Å². The molecule has 0 radical (unpaired) electrons. The second-order valence-corrected chi connectivity index (χ2v) is 5.97. The molecule has 0 aliphatic carbocycles. The molecule has 0 saturated carbocycles. The Labute approximate surface area is 177 Å². The zero-order valence-electron chi connectivity index (χ0n) is 18.0. The minimum absolute atomic E-state index is 0.117. The van der Waals surface area contributed by atoms with Gasteiger partial charge in [0, 0.05) is 38.0 Å². The van der Waals surface area contributed by atoms with Gasteiger partial charge in [-0.15, -0.1) is 0 Å². The number of carbonyl (C=O) groups is 3. The first-order chi connectivity index (χ1) is 14.3. The van der Waals surface area contributed by atoms with Crippen molar-refractivity contribution in [2.45, 2.75) is 26.6 Å². The molecule has 0 saturated heterocycles. The molecule has 0 rings (SSSR count). The number of esters is 3. The lowest BCUT2D eigenvalue weighted by Gasteiger charge is -2.47. The molecule has 0 spiro atoms. The summed E-state index contributed by atoms with van der Waals surface area (Å²) in [6.45, 7) is 14.7. The predicted molar refractivity (Wildman–Crippen MR) is 108 cm³/mol. The molecule has 0 aliphatic heterocycles. The standard InChI is InChI=1S/C21H32O9/c1-7-17(22)26-13-20(14-27-18(23)8-2,15-28-19(24)9-3)21(29-11-5,30-12-6)16-25-10-4/h7-9H,1-3,10-16H2,4-6H3. The summed E-state index contributed by atoms with van der Waals surface area (Å²) in [5.41, 5.74) is -1.48. The van der Waals surface area contributed by atoms with Gasteiger partial charge in [0.25, 0.3) is 0 Å². The quantitative estimate of drug-likeness (QED) is 0.149. The van der Waals surface area contributed by atoms with Gasteiger partial charge in [0.15, 0.2) is 0 Å². The smallest absolute Gasteiger partial charge is 0.330 e.